The number of carboxylic acid groups (broad SMARTS) is 1. The summed E-state index contributed by atoms with van der Waals surface area (Å²) >= 11 is 12.2. The minimum atomic E-state index is -0.913. The third-order valence-electron chi connectivity index (χ3n) is 6.01. The summed E-state index contributed by atoms with van der Waals surface area (Å²) in [5.74, 6) is -2.49. The average molecular weight is 434 g/mol. The molecule has 6 nitrogen and oxygen atoms in total. The lowest BCUT2D eigenvalue weighted by Gasteiger charge is -2.23. The van der Waals surface area contributed by atoms with Crippen molar-refractivity contribution in [2.24, 2.45) is 23.7 Å². The number of fused-ring (bicyclic) bond motifs is 2. The highest BCUT2D eigenvalue weighted by molar-refractivity contribution is 6.35. The SMILES string of the molecule is Cc1nn(Cc2ccc(Cl)cc2Cl)c(C)c1NC(=O)C1C2C=CC(C2)C1C(=O)O. The summed E-state index contributed by atoms with van der Waals surface area (Å²) in [6.45, 7) is 4.12. The van der Waals surface area contributed by atoms with Crippen LogP contribution >= 0.6 is 23.2 Å². The highest BCUT2D eigenvalue weighted by Crippen LogP contribution is 2.48. The lowest BCUT2D eigenvalue weighted by molar-refractivity contribution is -0.146. The lowest BCUT2D eigenvalue weighted by Crippen LogP contribution is -2.36. The topological polar surface area (TPSA) is 84.2 Å². The molecule has 1 fully saturated rings. The Hall–Kier alpha value is -2.31. The summed E-state index contributed by atoms with van der Waals surface area (Å²) in [5.41, 5.74) is 2.94. The zero-order valence-corrected chi connectivity index (χ0v) is 17.5. The van der Waals surface area contributed by atoms with Gasteiger partial charge in [0.05, 0.1) is 35.5 Å². The Bertz CT molecular complexity index is 1030. The molecule has 4 atom stereocenters. The summed E-state index contributed by atoms with van der Waals surface area (Å²) in [6, 6.07) is 5.30. The van der Waals surface area contributed by atoms with Gasteiger partial charge in [-0.2, -0.15) is 5.10 Å². The van der Waals surface area contributed by atoms with Gasteiger partial charge in [0.25, 0.3) is 0 Å². The third-order valence-corrected chi connectivity index (χ3v) is 6.60. The van der Waals surface area contributed by atoms with Crippen LogP contribution in [0.2, 0.25) is 10.0 Å². The minimum Gasteiger partial charge on any atom is -0.481 e. The number of nitrogens with zero attached hydrogens (tertiary/aromatic N) is 2. The van der Waals surface area contributed by atoms with E-state index in [1.165, 1.54) is 0 Å². The van der Waals surface area contributed by atoms with Gasteiger partial charge in [-0.05, 0) is 49.8 Å². The first-order chi connectivity index (χ1) is 13.8. The van der Waals surface area contributed by atoms with Crippen LogP contribution in [0.25, 0.3) is 0 Å². The van der Waals surface area contributed by atoms with Crippen molar-refractivity contribution < 1.29 is 14.7 Å². The smallest absolute Gasteiger partial charge is 0.307 e. The van der Waals surface area contributed by atoms with Gasteiger partial charge in [0.2, 0.25) is 5.91 Å². The van der Waals surface area contributed by atoms with Gasteiger partial charge in [-0.15, -0.1) is 0 Å². The molecule has 2 bridgehead atoms. The highest BCUT2D eigenvalue weighted by Gasteiger charge is 2.51. The normalized spacial score (nSPS) is 24.8. The lowest BCUT2D eigenvalue weighted by atomic mass is 9.82. The molecule has 1 amide bonds. The van der Waals surface area contributed by atoms with Crippen LogP contribution < -0.4 is 5.32 Å². The third kappa shape index (κ3) is 3.55. The van der Waals surface area contributed by atoms with E-state index < -0.39 is 17.8 Å². The molecule has 2 aliphatic rings. The molecular weight excluding hydrogens is 413 g/mol. The van der Waals surface area contributed by atoms with Crippen molar-refractivity contribution in [3.63, 3.8) is 0 Å². The maximum Gasteiger partial charge on any atom is 0.307 e. The second-order valence-corrected chi connectivity index (χ2v) is 8.61. The van der Waals surface area contributed by atoms with E-state index in [0.29, 0.717) is 28.0 Å². The highest BCUT2D eigenvalue weighted by atomic mass is 35.5. The largest absolute Gasteiger partial charge is 0.481 e. The maximum atomic E-state index is 13.0. The van der Waals surface area contributed by atoms with Crippen LogP contribution in [0.15, 0.2) is 30.4 Å². The molecule has 2 aliphatic carbocycles. The number of hydrogen-bond acceptors (Lipinski definition) is 3. The molecule has 0 saturated heterocycles. The molecule has 0 radical (unpaired) electrons. The quantitative estimate of drug-likeness (QED) is 0.687. The van der Waals surface area contributed by atoms with Crippen LogP contribution in [-0.4, -0.2) is 26.8 Å². The molecule has 152 valence electrons. The standard InChI is InChI=1S/C21H21Cl2N3O3/c1-10-19(11(2)26(25-10)9-14-5-6-15(22)8-16(14)23)24-20(27)17-12-3-4-13(7-12)18(17)21(28)29/h3-6,8,12-13,17-18H,7,9H2,1-2H3,(H,24,27)(H,28,29). The number of nitrogens with one attached hydrogen (secondary N) is 1. The number of halogens is 2. The number of benzene rings is 1. The fourth-order valence-corrected chi connectivity index (χ4v) is 5.03. The Morgan fingerprint density at radius 1 is 1.21 bits per heavy atom. The molecule has 4 unspecified atom stereocenters. The molecule has 1 heterocycles. The molecule has 0 aliphatic heterocycles. The first kappa shape index (κ1) is 20.0. The summed E-state index contributed by atoms with van der Waals surface area (Å²) in [4.78, 5) is 24.7. The number of aryl methyl sites for hydroxylation is 1. The Morgan fingerprint density at radius 2 is 1.90 bits per heavy atom. The average Bonchev–Trinajstić information content (AvgIpc) is 3.34. The number of carbonyl (C=O) groups excluding carboxylic acids is 1. The number of carboxylic acids is 1. The molecular formula is C21H21Cl2N3O3. The number of carbonyl (C=O) groups is 2. The van der Waals surface area contributed by atoms with E-state index in [-0.39, 0.29) is 17.7 Å². The van der Waals surface area contributed by atoms with Crippen molar-refractivity contribution in [1.82, 2.24) is 9.78 Å². The van der Waals surface area contributed by atoms with Crippen LogP contribution in [0, 0.1) is 37.5 Å². The first-order valence-electron chi connectivity index (χ1n) is 9.46. The zero-order valence-electron chi connectivity index (χ0n) is 16.0. The van der Waals surface area contributed by atoms with E-state index in [1.54, 1.807) is 16.8 Å². The summed E-state index contributed by atoms with van der Waals surface area (Å²) in [7, 11) is 0. The Labute approximate surface area is 178 Å². The van der Waals surface area contributed by atoms with Gasteiger partial charge in [-0.25, -0.2) is 0 Å². The van der Waals surface area contributed by atoms with Crippen LogP contribution in [0.3, 0.4) is 0 Å². The van der Waals surface area contributed by atoms with E-state index >= 15 is 0 Å². The maximum absolute atomic E-state index is 13.0. The second kappa shape index (κ2) is 7.50. The molecule has 0 spiro atoms. The van der Waals surface area contributed by atoms with Crippen molar-refractivity contribution in [2.45, 2.75) is 26.8 Å². The molecule has 1 aromatic carbocycles. The molecule has 29 heavy (non-hydrogen) atoms. The van der Waals surface area contributed by atoms with Crippen molar-refractivity contribution in [1.29, 1.82) is 0 Å². The van der Waals surface area contributed by atoms with E-state index in [9.17, 15) is 14.7 Å². The molecule has 2 N–H and O–H groups in total. The van der Waals surface area contributed by atoms with Crippen LogP contribution in [0.5, 0.6) is 0 Å². The van der Waals surface area contributed by atoms with Gasteiger partial charge in [0, 0.05) is 10.0 Å². The summed E-state index contributed by atoms with van der Waals surface area (Å²) in [5, 5.41) is 18.2. The number of hydrogen-bond donors (Lipinski definition) is 2. The number of aromatic nitrogens is 2. The van der Waals surface area contributed by atoms with Crippen molar-refractivity contribution in [2.75, 3.05) is 5.32 Å². The van der Waals surface area contributed by atoms with E-state index in [0.717, 1.165) is 17.7 Å². The van der Waals surface area contributed by atoms with Crippen LogP contribution in [0.4, 0.5) is 5.69 Å². The van der Waals surface area contributed by atoms with E-state index in [4.69, 9.17) is 23.2 Å². The Morgan fingerprint density at radius 3 is 2.55 bits per heavy atom. The molecule has 8 heteroatoms. The van der Waals surface area contributed by atoms with Crippen molar-refractivity contribution in [3.05, 3.63) is 57.3 Å². The van der Waals surface area contributed by atoms with Gasteiger partial charge in [0.1, 0.15) is 0 Å². The number of allylic oxidation sites excluding steroid dienone is 2. The monoisotopic (exact) mass is 433 g/mol. The second-order valence-electron chi connectivity index (χ2n) is 7.77. The van der Waals surface area contributed by atoms with Crippen LogP contribution in [-0.2, 0) is 16.1 Å². The van der Waals surface area contributed by atoms with Crippen molar-refractivity contribution in [3.8, 4) is 0 Å². The predicted molar refractivity (Wildman–Crippen MR) is 111 cm³/mol. The van der Waals surface area contributed by atoms with Gasteiger partial charge in [-0.3, -0.25) is 14.3 Å². The van der Waals surface area contributed by atoms with E-state index in [1.807, 2.05) is 32.1 Å². The number of rotatable bonds is 5. The Kier molecular flexibility index (Phi) is 5.17. The van der Waals surface area contributed by atoms with Crippen molar-refractivity contribution >= 4 is 40.8 Å². The zero-order chi connectivity index (χ0) is 20.9. The minimum absolute atomic E-state index is 0.0235. The van der Waals surface area contributed by atoms with Gasteiger partial charge < -0.3 is 10.4 Å². The Balaban J connectivity index is 1.56. The van der Waals surface area contributed by atoms with Gasteiger partial charge >= 0.3 is 5.97 Å². The fourth-order valence-electron chi connectivity index (χ4n) is 4.57. The predicted octanol–water partition coefficient (Wildman–Crippen LogP) is 4.32. The molecule has 1 aromatic heterocycles. The number of amides is 1. The van der Waals surface area contributed by atoms with Gasteiger partial charge in [-0.1, -0.05) is 41.4 Å². The first-order valence-corrected chi connectivity index (χ1v) is 10.2. The number of anilines is 1. The van der Waals surface area contributed by atoms with Crippen LogP contribution in [0.1, 0.15) is 23.4 Å². The number of aliphatic carboxylic acids is 1. The molecule has 1 saturated carbocycles. The van der Waals surface area contributed by atoms with E-state index in [2.05, 4.69) is 10.4 Å². The molecule has 4 rings (SSSR count). The molecule has 2 aromatic rings. The summed E-state index contributed by atoms with van der Waals surface area (Å²) in [6.07, 6.45) is 4.62. The van der Waals surface area contributed by atoms with Gasteiger partial charge in [0.15, 0.2) is 0 Å². The summed E-state index contributed by atoms with van der Waals surface area (Å²) < 4.78 is 1.77. The fraction of sp³-hybridized carbons (Fsp3) is 0.381.